The van der Waals surface area contributed by atoms with Gasteiger partial charge in [0.15, 0.2) is 0 Å². The van der Waals surface area contributed by atoms with E-state index < -0.39 is 0 Å². The van der Waals surface area contributed by atoms with Crippen molar-refractivity contribution in [3.8, 4) is 11.1 Å². The molecule has 288 valence electrons. The zero-order chi connectivity index (χ0) is 39.9. The highest BCUT2D eigenvalue weighted by Crippen LogP contribution is 2.61. The Balaban J connectivity index is 0.00000120. The van der Waals surface area contributed by atoms with E-state index in [1.165, 1.54) is 77.5 Å². The zero-order valence-corrected chi connectivity index (χ0v) is 34.4. The summed E-state index contributed by atoms with van der Waals surface area (Å²) in [5.74, 6) is 0.417. The van der Waals surface area contributed by atoms with E-state index in [4.69, 9.17) is 0 Å². The fraction of sp³-hybridized carbons (Fsp3) is 0.222. The average molecular weight is 748 g/mol. The van der Waals surface area contributed by atoms with E-state index in [0.717, 1.165) is 29.2 Å². The first-order valence-corrected chi connectivity index (χ1v) is 20.8. The van der Waals surface area contributed by atoms with E-state index in [9.17, 15) is 0 Å². The Bertz CT molecular complexity index is 2300. The van der Waals surface area contributed by atoms with Gasteiger partial charge in [0.1, 0.15) is 0 Å². The number of para-hydroxylation sites is 5. The number of anilines is 6. The van der Waals surface area contributed by atoms with Gasteiger partial charge in [0.05, 0.1) is 22.7 Å². The van der Waals surface area contributed by atoms with E-state index in [0.29, 0.717) is 5.92 Å². The van der Waals surface area contributed by atoms with Crippen LogP contribution in [0.1, 0.15) is 65.4 Å². The maximum Gasteiger partial charge on any atom is 0.0703 e. The third-order valence-corrected chi connectivity index (χ3v) is 11.9. The Morgan fingerprint density at radius 2 is 1.18 bits per heavy atom. The van der Waals surface area contributed by atoms with Crippen LogP contribution in [-0.2, 0) is 0 Å². The summed E-state index contributed by atoms with van der Waals surface area (Å²) in [4.78, 5) is 4.75. The molecule has 0 aromatic heterocycles. The molecule has 9 rings (SSSR count). The van der Waals surface area contributed by atoms with Crippen LogP contribution in [-0.4, -0.2) is 7.05 Å². The SMILES string of the molecule is C=C/C(C)=C\C1=C(C)C2=CCC(/C=C/c3ccc(-c4ccc(N5c6ccccc6N(c6ccccc6)c6ccccc65)cc4)cc3)C=C2C12CCCC2.CC.CN. The highest BCUT2D eigenvalue weighted by atomic mass is 15.3. The summed E-state index contributed by atoms with van der Waals surface area (Å²) < 4.78 is 0. The van der Waals surface area contributed by atoms with Crippen LogP contribution < -0.4 is 15.5 Å². The predicted molar refractivity (Wildman–Crippen MR) is 247 cm³/mol. The van der Waals surface area contributed by atoms with Gasteiger partial charge in [0.2, 0.25) is 0 Å². The van der Waals surface area contributed by atoms with Crippen molar-refractivity contribution in [2.45, 2.75) is 59.8 Å². The molecule has 0 amide bonds. The summed E-state index contributed by atoms with van der Waals surface area (Å²) in [6.45, 7) is 12.6. The molecule has 1 spiro atoms. The third kappa shape index (κ3) is 7.41. The second kappa shape index (κ2) is 17.5. The van der Waals surface area contributed by atoms with Gasteiger partial charge in [0, 0.05) is 16.8 Å². The summed E-state index contributed by atoms with van der Waals surface area (Å²) in [5.41, 5.74) is 22.7. The van der Waals surface area contributed by atoms with Gasteiger partial charge in [-0.3, -0.25) is 0 Å². The summed E-state index contributed by atoms with van der Waals surface area (Å²) in [5, 5.41) is 0. The quantitative estimate of drug-likeness (QED) is 0.165. The number of nitrogens with two attached hydrogens (primary N) is 1. The molecule has 1 unspecified atom stereocenters. The van der Waals surface area contributed by atoms with Crippen LogP contribution in [0.3, 0.4) is 0 Å². The van der Waals surface area contributed by atoms with Crippen molar-refractivity contribution in [2.75, 3.05) is 16.8 Å². The molecule has 1 fully saturated rings. The normalized spacial score (nSPS) is 17.8. The Morgan fingerprint density at radius 1 is 0.684 bits per heavy atom. The van der Waals surface area contributed by atoms with Gasteiger partial charge in [0.25, 0.3) is 0 Å². The Labute approximate surface area is 341 Å². The smallest absolute Gasteiger partial charge is 0.0703 e. The van der Waals surface area contributed by atoms with Crippen LogP contribution in [0.2, 0.25) is 0 Å². The van der Waals surface area contributed by atoms with Crippen LogP contribution in [0, 0.1) is 11.3 Å². The van der Waals surface area contributed by atoms with Crippen molar-refractivity contribution >= 4 is 40.2 Å². The Hall–Kier alpha value is -5.90. The molecule has 0 saturated heterocycles. The number of nitrogens with zero attached hydrogens (tertiary/aromatic N) is 2. The molecule has 3 nitrogen and oxygen atoms in total. The van der Waals surface area contributed by atoms with Crippen molar-refractivity contribution in [3.05, 3.63) is 198 Å². The molecule has 0 bridgehead atoms. The average Bonchev–Trinajstić information content (AvgIpc) is 3.86. The molecule has 1 aliphatic heterocycles. The van der Waals surface area contributed by atoms with Crippen LogP contribution >= 0.6 is 0 Å². The molecule has 0 radical (unpaired) electrons. The molecule has 3 heteroatoms. The second-order valence-corrected chi connectivity index (χ2v) is 15.0. The lowest BCUT2D eigenvalue weighted by atomic mass is 9.72. The minimum absolute atomic E-state index is 0.188. The van der Waals surface area contributed by atoms with Gasteiger partial charge in [-0.25, -0.2) is 0 Å². The first kappa shape index (κ1) is 39.3. The van der Waals surface area contributed by atoms with Gasteiger partial charge in [-0.2, -0.15) is 0 Å². The minimum atomic E-state index is 0.188. The van der Waals surface area contributed by atoms with Gasteiger partial charge < -0.3 is 15.5 Å². The maximum atomic E-state index is 4.50. The molecule has 1 heterocycles. The first-order chi connectivity index (χ1) is 28.0. The third-order valence-electron chi connectivity index (χ3n) is 11.9. The van der Waals surface area contributed by atoms with Crippen molar-refractivity contribution < 1.29 is 0 Å². The molecule has 1 saturated carbocycles. The number of benzene rings is 5. The van der Waals surface area contributed by atoms with Gasteiger partial charge in [-0.05, 0) is 134 Å². The second-order valence-electron chi connectivity index (χ2n) is 15.0. The first-order valence-electron chi connectivity index (χ1n) is 20.8. The van der Waals surface area contributed by atoms with Crippen molar-refractivity contribution in [3.63, 3.8) is 0 Å². The van der Waals surface area contributed by atoms with E-state index in [1.807, 2.05) is 19.9 Å². The lowest BCUT2D eigenvalue weighted by molar-refractivity contribution is 0.470. The van der Waals surface area contributed by atoms with E-state index in [1.54, 1.807) is 11.1 Å². The molecule has 5 aromatic carbocycles. The molecule has 1 atom stereocenters. The van der Waals surface area contributed by atoms with E-state index in [-0.39, 0.29) is 5.41 Å². The number of allylic oxidation sites excluding steroid dienone is 10. The largest absolute Gasteiger partial charge is 0.333 e. The Kier molecular flexibility index (Phi) is 12.1. The lowest BCUT2D eigenvalue weighted by Gasteiger charge is -2.40. The maximum absolute atomic E-state index is 4.50. The molecule has 2 N–H and O–H groups in total. The fourth-order valence-corrected chi connectivity index (χ4v) is 9.24. The van der Waals surface area contributed by atoms with Crippen LogP contribution in [0.15, 0.2) is 192 Å². The number of fused-ring (bicyclic) bond motifs is 4. The van der Waals surface area contributed by atoms with Crippen LogP contribution in [0.25, 0.3) is 17.2 Å². The van der Waals surface area contributed by atoms with Crippen LogP contribution in [0.5, 0.6) is 0 Å². The Morgan fingerprint density at radius 3 is 1.70 bits per heavy atom. The topological polar surface area (TPSA) is 32.5 Å². The van der Waals surface area contributed by atoms with E-state index >= 15 is 0 Å². The van der Waals surface area contributed by atoms with Crippen molar-refractivity contribution in [1.29, 1.82) is 0 Å². The van der Waals surface area contributed by atoms with Crippen LogP contribution in [0.4, 0.5) is 34.1 Å². The van der Waals surface area contributed by atoms with Crippen molar-refractivity contribution in [1.82, 2.24) is 0 Å². The standard InChI is InChI=1S/C51H46N2.C2H6.CH5N/c1-4-36(2)34-45-37(3)44-31-24-39(35-46(44)51(45)32-12-13-33-51)21-20-38-22-25-40(26-23-38)41-27-29-43(30-28-41)53-49-18-10-8-16-47(49)52(42-14-6-5-7-15-42)48-17-9-11-19-50(48)53;2*1-2/h4-11,14-23,25-31,34-35,39H,1,12-13,24,32-33H2,2-3H3;1-2H3;2H2,1H3/b21-20+,36-34-;;. The molecule has 3 aliphatic carbocycles. The number of hydrogen-bond acceptors (Lipinski definition) is 3. The fourth-order valence-electron chi connectivity index (χ4n) is 9.24. The molecular formula is C54H57N3. The monoisotopic (exact) mass is 747 g/mol. The summed E-state index contributed by atoms with van der Waals surface area (Å²) in [6.07, 6.45) is 20.4. The highest BCUT2D eigenvalue weighted by Gasteiger charge is 2.47. The molecular weight excluding hydrogens is 691 g/mol. The molecule has 57 heavy (non-hydrogen) atoms. The molecule has 5 aromatic rings. The predicted octanol–water partition coefficient (Wildman–Crippen LogP) is 15.1. The zero-order valence-electron chi connectivity index (χ0n) is 34.4. The van der Waals surface area contributed by atoms with Gasteiger partial charge >= 0.3 is 0 Å². The van der Waals surface area contributed by atoms with Gasteiger partial charge in [-0.1, -0.05) is 154 Å². The summed E-state index contributed by atoms with van der Waals surface area (Å²) in [6, 6.07) is 46.1. The van der Waals surface area contributed by atoms with E-state index in [2.05, 4.69) is 194 Å². The van der Waals surface area contributed by atoms with Gasteiger partial charge in [-0.15, -0.1) is 0 Å². The lowest BCUT2D eigenvalue weighted by Crippen LogP contribution is -2.23. The minimum Gasteiger partial charge on any atom is -0.333 e. The highest BCUT2D eigenvalue weighted by molar-refractivity contribution is 6.01. The van der Waals surface area contributed by atoms with Crippen molar-refractivity contribution in [2.24, 2.45) is 17.1 Å². The number of hydrogen-bond donors (Lipinski definition) is 1. The summed E-state index contributed by atoms with van der Waals surface area (Å²) in [7, 11) is 1.50. The molecule has 4 aliphatic rings. The summed E-state index contributed by atoms with van der Waals surface area (Å²) >= 11 is 0. The number of rotatable bonds is 7.